The second-order valence-corrected chi connectivity index (χ2v) is 6.91. The smallest absolute Gasteiger partial charge is 0.347 e. The van der Waals surface area contributed by atoms with Gasteiger partial charge in [-0.15, -0.1) is 0 Å². The summed E-state index contributed by atoms with van der Waals surface area (Å²) in [5, 5.41) is 12.5. The minimum atomic E-state index is -1.34. The summed E-state index contributed by atoms with van der Waals surface area (Å²) in [7, 11) is 1.55. The summed E-state index contributed by atoms with van der Waals surface area (Å²) in [5.41, 5.74) is -0.0895. The molecule has 0 spiro atoms. The van der Waals surface area contributed by atoms with Crippen LogP contribution in [0.3, 0.4) is 0 Å². The zero-order valence-corrected chi connectivity index (χ0v) is 16.1. The average molecular weight is 392 g/mol. The van der Waals surface area contributed by atoms with Crippen molar-refractivity contribution in [3.8, 4) is 5.75 Å². The van der Waals surface area contributed by atoms with Gasteiger partial charge in [-0.25, -0.2) is 4.79 Å². The van der Waals surface area contributed by atoms with E-state index in [9.17, 15) is 9.59 Å². The third kappa shape index (κ3) is 5.70. The second-order valence-electron chi connectivity index (χ2n) is 6.48. The van der Waals surface area contributed by atoms with E-state index in [4.69, 9.17) is 26.2 Å². The molecule has 2 N–H and O–H groups in total. The van der Waals surface area contributed by atoms with Gasteiger partial charge in [0.2, 0.25) is 0 Å². The van der Waals surface area contributed by atoms with Gasteiger partial charge in [0.15, 0.2) is 5.60 Å². The predicted molar refractivity (Wildman–Crippen MR) is 102 cm³/mol. The van der Waals surface area contributed by atoms with Gasteiger partial charge in [-0.1, -0.05) is 29.8 Å². The van der Waals surface area contributed by atoms with Gasteiger partial charge >= 0.3 is 5.97 Å². The Morgan fingerprint density at radius 2 is 1.85 bits per heavy atom. The average Bonchev–Trinajstić information content (AvgIpc) is 2.61. The fraction of sp³-hybridized carbons (Fsp3) is 0.300. The third-order valence-corrected chi connectivity index (χ3v) is 4.13. The number of nitrogens with one attached hydrogen (secondary N) is 1. The first-order valence-electron chi connectivity index (χ1n) is 8.30. The maximum atomic E-state index is 12.5. The molecule has 2 aromatic carbocycles. The molecule has 0 saturated heterocycles. The van der Waals surface area contributed by atoms with Crippen LogP contribution in [0.25, 0.3) is 0 Å². The Morgan fingerprint density at radius 3 is 2.41 bits per heavy atom. The molecule has 7 heteroatoms. The van der Waals surface area contributed by atoms with Crippen molar-refractivity contribution in [2.75, 3.05) is 13.7 Å². The Labute approximate surface area is 163 Å². The van der Waals surface area contributed by atoms with E-state index < -0.39 is 11.6 Å². The van der Waals surface area contributed by atoms with Gasteiger partial charge in [0.05, 0.1) is 12.6 Å². The molecule has 2 aromatic rings. The Kier molecular flexibility index (Phi) is 6.82. The summed E-state index contributed by atoms with van der Waals surface area (Å²) in [5.74, 6) is -0.909. The molecule has 0 radical (unpaired) electrons. The molecule has 0 aliphatic carbocycles. The number of aliphatic carboxylic acids is 1. The number of carboxylic acid groups (broad SMARTS) is 1. The Balaban J connectivity index is 2.14. The van der Waals surface area contributed by atoms with Crippen molar-refractivity contribution in [2.45, 2.75) is 25.5 Å². The molecule has 0 aliphatic heterocycles. The van der Waals surface area contributed by atoms with Crippen LogP contribution in [0.4, 0.5) is 0 Å². The monoisotopic (exact) mass is 391 g/mol. The summed E-state index contributed by atoms with van der Waals surface area (Å²) in [4.78, 5) is 23.6. The van der Waals surface area contributed by atoms with Gasteiger partial charge in [0, 0.05) is 17.7 Å². The van der Waals surface area contributed by atoms with Crippen molar-refractivity contribution < 1.29 is 24.2 Å². The van der Waals surface area contributed by atoms with Crippen molar-refractivity contribution in [3.63, 3.8) is 0 Å². The maximum Gasteiger partial charge on any atom is 0.347 e. The molecule has 1 unspecified atom stereocenters. The normalized spacial score (nSPS) is 12.3. The zero-order valence-electron chi connectivity index (χ0n) is 15.4. The molecule has 0 bridgehead atoms. The number of benzene rings is 2. The number of carbonyl (C=O) groups is 2. The zero-order chi connectivity index (χ0) is 20.0. The maximum absolute atomic E-state index is 12.5. The standard InChI is InChI=1S/C20H22ClNO5/c1-20(2,19(24)25)27-16-9-7-13(8-10-16)17(12-26-3)22-18(23)14-5-4-6-15(21)11-14/h4-11,17H,12H2,1-3H3,(H,22,23)(H,24,25). The van der Waals surface area contributed by atoms with Crippen LogP contribution in [0.5, 0.6) is 5.75 Å². The van der Waals surface area contributed by atoms with Crippen LogP contribution in [0, 0.1) is 0 Å². The van der Waals surface area contributed by atoms with Crippen LogP contribution in [-0.2, 0) is 9.53 Å². The molecule has 0 aliphatic rings. The van der Waals surface area contributed by atoms with Gasteiger partial charge in [0.25, 0.3) is 5.91 Å². The molecule has 0 heterocycles. The first-order valence-corrected chi connectivity index (χ1v) is 8.68. The SMILES string of the molecule is COCC(NC(=O)c1cccc(Cl)c1)c1ccc(OC(C)(C)C(=O)O)cc1. The van der Waals surface area contributed by atoms with Crippen molar-refractivity contribution >= 4 is 23.5 Å². The fourth-order valence-electron chi connectivity index (χ4n) is 2.37. The highest BCUT2D eigenvalue weighted by molar-refractivity contribution is 6.30. The highest BCUT2D eigenvalue weighted by Crippen LogP contribution is 2.23. The summed E-state index contributed by atoms with van der Waals surface area (Å²) >= 11 is 5.94. The first kappa shape index (κ1) is 20.7. The van der Waals surface area contributed by atoms with E-state index in [0.717, 1.165) is 5.56 Å². The minimum absolute atomic E-state index is 0.271. The lowest BCUT2D eigenvalue weighted by Gasteiger charge is -2.22. The summed E-state index contributed by atoms with van der Waals surface area (Å²) in [6, 6.07) is 13.1. The van der Waals surface area contributed by atoms with E-state index in [1.54, 1.807) is 55.6 Å². The number of carbonyl (C=O) groups excluding carboxylic acids is 1. The second kappa shape index (κ2) is 8.88. The van der Waals surface area contributed by atoms with E-state index in [-0.39, 0.29) is 18.6 Å². The Hall–Kier alpha value is -2.57. The number of rotatable bonds is 8. The van der Waals surface area contributed by atoms with Crippen molar-refractivity contribution in [2.24, 2.45) is 0 Å². The number of amides is 1. The van der Waals surface area contributed by atoms with Crippen molar-refractivity contribution in [1.82, 2.24) is 5.32 Å². The molecule has 2 rings (SSSR count). The Morgan fingerprint density at radius 1 is 1.19 bits per heavy atom. The van der Waals surface area contributed by atoms with E-state index >= 15 is 0 Å². The van der Waals surface area contributed by atoms with Gasteiger partial charge < -0.3 is 19.9 Å². The molecule has 6 nitrogen and oxygen atoms in total. The van der Waals surface area contributed by atoms with Crippen LogP contribution in [0.2, 0.25) is 5.02 Å². The quantitative estimate of drug-likeness (QED) is 0.716. The van der Waals surface area contributed by atoms with Crippen LogP contribution < -0.4 is 10.1 Å². The van der Waals surface area contributed by atoms with Crippen molar-refractivity contribution in [1.29, 1.82) is 0 Å². The Bertz CT molecular complexity index is 804. The number of carboxylic acids is 1. The van der Waals surface area contributed by atoms with E-state index in [2.05, 4.69) is 5.32 Å². The molecule has 0 saturated carbocycles. The molecule has 0 fully saturated rings. The van der Waals surface area contributed by atoms with Crippen LogP contribution in [-0.4, -0.2) is 36.3 Å². The van der Waals surface area contributed by atoms with Gasteiger partial charge in [-0.3, -0.25) is 4.79 Å². The van der Waals surface area contributed by atoms with Gasteiger partial charge in [-0.05, 0) is 49.7 Å². The van der Waals surface area contributed by atoms with Crippen LogP contribution in [0.1, 0.15) is 35.8 Å². The molecule has 1 amide bonds. The molecule has 144 valence electrons. The number of ether oxygens (including phenoxy) is 2. The fourth-order valence-corrected chi connectivity index (χ4v) is 2.56. The molecular weight excluding hydrogens is 370 g/mol. The summed E-state index contributed by atoms with van der Waals surface area (Å²) in [6.45, 7) is 3.22. The molecule has 0 aromatic heterocycles. The highest BCUT2D eigenvalue weighted by Gasteiger charge is 2.29. The number of hydrogen-bond donors (Lipinski definition) is 2. The van der Waals surface area contributed by atoms with E-state index in [0.29, 0.717) is 16.3 Å². The highest BCUT2D eigenvalue weighted by atomic mass is 35.5. The van der Waals surface area contributed by atoms with Gasteiger partial charge in [0.1, 0.15) is 5.75 Å². The van der Waals surface area contributed by atoms with Crippen LogP contribution in [0.15, 0.2) is 48.5 Å². The lowest BCUT2D eigenvalue weighted by molar-refractivity contribution is -0.152. The van der Waals surface area contributed by atoms with Gasteiger partial charge in [-0.2, -0.15) is 0 Å². The predicted octanol–water partition coefficient (Wildman–Crippen LogP) is 3.70. The lowest BCUT2D eigenvalue weighted by Crippen LogP contribution is -2.37. The molecule has 27 heavy (non-hydrogen) atoms. The number of methoxy groups -OCH3 is 1. The number of halogens is 1. The van der Waals surface area contributed by atoms with E-state index in [1.165, 1.54) is 13.8 Å². The van der Waals surface area contributed by atoms with Crippen LogP contribution >= 0.6 is 11.6 Å². The minimum Gasteiger partial charge on any atom is -0.478 e. The molecular formula is C20H22ClNO5. The number of hydrogen-bond acceptors (Lipinski definition) is 4. The summed E-state index contributed by atoms with van der Waals surface area (Å²) in [6.07, 6.45) is 0. The topological polar surface area (TPSA) is 84.9 Å². The summed E-state index contributed by atoms with van der Waals surface area (Å²) < 4.78 is 10.7. The van der Waals surface area contributed by atoms with E-state index in [1.807, 2.05) is 0 Å². The first-order chi connectivity index (χ1) is 12.7. The lowest BCUT2D eigenvalue weighted by atomic mass is 10.1. The molecule has 1 atom stereocenters. The third-order valence-electron chi connectivity index (χ3n) is 3.90. The van der Waals surface area contributed by atoms with Crippen molar-refractivity contribution in [3.05, 3.63) is 64.7 Å². The largest absolute Gasteiger partial charge is 0.478 e.